The molecule has 0 saturated carbocycles. The highest BCUT2D eigenvalue weighted by Gasteiger charge is 2.11. The number of amides is 2. The van der Waals surface area contributed by atoms with Gasteiger partial charge in [0.05, 0.1) is 22.9 Å². The number of hydrogen-bond donors (Lipinski definition) is 4. The number of anilines is 1. The zero-order chi connectivity index (χ0) is 13.7. The van der Waals surface area contributed by atoms with E-state index in [1.807, 2.05) is 0 Å². The van der Waals surface area contributed by atoms with Gasteiger partial charge in [0, 0.05) is 12.6 Å². The largest absolute Gasteiger partial charge is 0.394 e. The summed E-state index contributed by atoms with van der Waals surface area (Å²) in [5, 5.41) is 21.7. The van der Waals surface area contributed by atoms with Crippen molar-refractivity contribution in [2.24, 2.45) is 0 Å². The Morgan fingerprint density at radius 3 is 2.67 bits per heavy atom. The molecular weight excluding hydrogens is 314 g/mol. The number of hydrogen-bond acceptors (Lipinski definition) is 3. The molecule has 2 amide bonds. The van der Waals surface area contributed by atoms with E-state index in [0.29, 0.717) is 0 Å². The number of carbonyl (C=O) groups is 1. The summed E-state index contributed by atoms with van der Waals surface area (Å²) in [6.07, 6.45) is -1.11. The highest BCUT2D eigenvalue weighted by Crippen LogP contribution is 2.23. The van der Waals surface area contributed by atoms with Crippen LogP contribution in [0.25, 0.3) is 0 Å². The Hall–Kier alpha value is -1.25. The van der Waals surface area contributed by atoms with Crippen LogP contribution in [0.5, 0.6) is 0 Å². The minimum atomic E-state index is -1.11. The lowest BCUT2D eigenvalue weighted by Crippen LogP contribution is -2.36. The van der Waals surface area contributed by atoms with Gasteiger partial charge in [-0.3, -0.25) is 0 Å². The molecule has 0 unspecified atom stereocenters. The summed E-state index contributed by atoms with van der Waals surface area (Å²) in [6.45, 7) is -0.718. The van der Waals surface area contributed by atoms with E-state index in [2.05, 4.69) is 26.6 Å². The number of rotatable bonds is 4. The SMILES string of the molecule is O=C(NC[C@@H](O)CO)Nc1cc(F)c(Br)cc1F. The first-order chi connectivity index (χ1) is 8.43. The van der Waals surface area contributed by atoms with E-state index in [0.717, 1.165) is 12.1 Å². The van der Waals surface area contributed by atoms with Crippen molar-refractivity contribution >= 4 is 27.6 Å². The van der Waals surface area contributed by atoms with E-state index in [1.165, 1.54) is 0 Å². The molecule has 0 aliphatic heterocycles. The maximum Gasteiger partial charge on any atom is 0.319 e. The fourth-order valence-corrected chi connectivity index (χ4v) is 1.38. The number of aliphatic hydroxyl groups is 2. The Labute approximate surface area is 110 Å². The number of nitrogens with one attached hydrogen (secondary N) is 2. The van der Waals surface area contributed by atoms with Gasteiger partial charge in [0.1, 0.15) is 11.6 Å². The van der Waals surface area contributed by atoms with Gasteiger partial charge < -0.3 is 20.8 Å². The molecule has 1 rings (SSSR count). The molecule has 0 radical (unpaired) electrons. The molecule has 0 saturated heterocycles. The van der Waals surface area contributed by atoms with Crippen molar-refractivity contribution in [3.8, 4) is 0 Å². The summed E-state index contributed by atoms with van der Waals surface area (Å²) in [5.41, 5.74) is -0.327. The molecule has 1 aromatic carbocycles. The fourth-order valence-electron chi connectivity index (χ4n) is 1.06. The van der Waals surface area contributed by atoms with Crippen LogP contribution in [0.3, 0.4) is 0 Å². The molecule has 0 bridgehead atoms. The number of carbonyl (C=O) groups excluding carboxylic acids is 1. The van der Waals surface area contributed by atoms with Gasteiger partial charge in [-0.25, -0.2) is 13.6 Å². The third kappa shape index (κ3) is 4.21. The molecule has 5 nitrogen and oxygen atoms in total. The zero-order valence-electron chi connectivity index (χ0n) is 9.08. The Morgan fingerprint density at radius 2 is 2.06 bits per heavy atom. The number of urea groups is 1. The topological polar surface area (TPSA) is 81.6 Å². The lowest BCUT2D eigenvalue weighted by molar-refractivity contribution is 0.0965. The van der Waals surface area contributed by atoms with Gasteiger partial charge in [0.25, 0.3) is 0 Å². The van der Waals surface area contributed by atoms with Crippen molar-refractivity contribution in [1.29, 1.82) is 0 Å². The Balaban J connectivity index is 2.62. The average Bonchev–Trinajstić information content (AvgIpc) is 2.33. The lowest BCUT2D eigenvalue weighted by Gasteiger charge is -2.11. The van der Waals surface area contributed by atoms with E-state index < -0.39 is 30.4 Å². The van der Waals surface area contributed by atoms with Crippen molar-refractivity contribution in [3.05, 3.63) is 28.2 Å². The zero-order valence-corrected chi connectivity index (χ0v) is 10.7. The molecule has 0 fully saturated rings. The second-order valence-electron chi connectivity index (χ2n) is 3.42. The summed E-state index contributed by atoms with van der Waals surface area (Å²) in [7, 11) is 0. The van der Waals surface area contributed by atoms with E-state index >= 15 is 0 Å². The number of benzene rings is 1. The molecule has 0 spiro atoms. The van der Waals surface area contributed by atoms with Crippen LogP contribution in [0.1, 0.15) is 0 Å². The highest BCUT2D eigenvalue weighted by atomic mass is 79.9. The van der Waals surface area contributed by atoms with Crippen LogP contribution < -0.4 is 10.6 Å². The minimum absolute atomic E-state index is 0.0540. The molecular formula is C10H11BrF2N2O3. The highest BCUT2D eigenvalue weighted by molar-refractivity contribution is 9.10. The van der Waals surface area contributed by atoms with Crippen LogP contribution in [0.15, 0.2) is 16.6 Å². The predicted octanol–water partition coefficient (Wildman–Crippen LogP) is 1.20. The van der Waals surface area contributed by atoms with Crippen molar-refractivity contribution in [2.45, 2.75) is 6.10 Å². The summed E-state index contributed by atoms with van der Waals surface area (Å²) < 4.78 is 26.4. The smallest absolute Gasteiger partial charge is 0.319 e. The summed E-state index contributed by atoms with van der Waals surface area (Å²) >= 11 is 2.80. The third-order valence-corrected chi connectivity index (χ3v) is 2.57. The summed E-state index contributed by atoms with van der Waals surface area (Å²) in [6, 6.07) is 0.887. The van der Waals surface area contributed by atoms with Gasteiger partial charge in [-0.2, -0.15) is 0 Å². The van der Waals surface area contributed by atoms with Crippen molar-refractivity contribution in [1.82, 2.24) is 5.32 Å². The summed E-state index contributed by atoms with van der Waals surface area (Å²) in [4.78, 5) is 11.3. The van der Waals surface area contributed by atoms with Gasteiger partial charge in [-0.05, 0) is 22.0 Å². The second kappa shape index (κ2) is 6.62. The molecule has 100 valence electrons. The first kappa shape index (κ1) is 14.8. The second-order valence-corrected chi connectivity index (χ2v) is 4.27. The quantitative estimate of drug-likeness (QED) is 0.628. The van der Waals surface area contributed by atoms with E-state index in [1.54, 1.807) is 0 Å². The number of aliphatic hydroxyl groups excluding tert-OH is 2. The van der Waals surface area contributed by atoms with Gasteiger partial charge in [-0.1, -0.05) is 0 Å². The van der Waals surface area contributed by atoms with Crippen LogP contribution in [-0.4, -0.2) is 35.5 Å². The minimum Gasteiger partial charge on any atom is -0.394 e. The lowest BCUT2D eigenvalue weighted by atomic mass is 10.3. The van der Waals surface area contributed by atoms with Crippen LogP contribution in [-0.2, 0) is 0 Å². The fraction of sp³-hybridized carbons (Fsp3) is 0.300. The van der Waals surface area contributed by atoms with Crippen LogP contribution in [0, 0.1) is 11.6 Å². The molecule has 0 aliphatic carbocycles. The van der Waals surface area contributed by atoms with Gasteiger partial charge >= 0.3 is 6.03 Å². The maximum atomic E-state index is 13.3. The monoisotopic (exact) mass is 324 g/mol. The van der Waals surface area contributed by atoms with Crippen LogP contribution in [0.4, 0.5) is 19.3 Å². The first-order valence-corrected chi connectivity index (χ1v) is 5.71. The molecule has 4 N–H and O–H groups in total. The van der Waals surface area contributed by atoms with E-state index in [4.69, 9.17) is 10.2 Å². The molecule has 18 heavy (non-hydrogen) atoms. The van der Waals surface area contributed by atoms with Crippen LogP contribution in [0.2, 0.25) is 0 Å². The number of halogens is 3. The van der Waals surface area contributed by atoms with E-state index in [-0.39, 0.29) is 16.7 Å². The van der Waals surface area contributed by atoms with Gasteiger partial charge in [0.15, 0.2) is 0 Å². The van der Waals surface area contributed by atoms with Crippen LogP contribution >= 0.6 is 15.9 Å². The Bertz CT molecular complexity index is 445. The standard InChI is InChI=1S/C10H11BrF2N2O3/c11-6-1-8(13)9(2-7(6)12)15-10(18)14-3-5(17)4-16/h1-2,5,16-17H,3-4H2,(H2,14,15,18)/t5-/m1/s1. The molecule has 8 heteroatoms. The maximum absolute atomic E-state index is 13.3. The first-order valence-electron chi connectivity index (χ1n) is 4.92. The normalized spacial score (nSPS) is 12.1. The molecule has 0 heterocycles. The summed E-state index contributed by atoms with van der Waals surface area (Å²) in [5.74, 6) is -1.52. The van der Waals surface area contributed by atoms with E-state index in [9.17, 15) is 13.6 Å². The molecule has 1 atom stereocenters. The third-order valence-electron chi connectivity index (χ3n) is 1.97. The molecule has 1 aromatic rings. The Morgan fingerprint density at radius 1 is 1.39 bits per heavy atom. The van der Waals surface area contributed by atoms with Crippen molar-refractivity contribution in [2.75, 3.05) is 18.5 Å². The van der Waals surface area contributed by atoms with Crippen molar-refractivity contribution < 1.29 is 23.8 Å². The molecule has 0 aromatic heterocycles. The van der Waals surface area contributed by atoms with Crippen molar-refractivity contribution in [3.63, 3.8) is 0 Å². The Kier molecular flexibility index (Phi) is 5.45. The van der Waals surface area contributed by atoms with Gasteiger partial charge in [0.2, 0.25) is 0 Å². The predicted molar refractivity (Wildman–Crippen MR) is 64.2 cm³/mol. The van der Waals surface area contributed by atoms with Gasteiger partial charge in [-0.15, -0.1) is 0 Å². The molecule has 0 aliphatic rings. The average molecular weight is 325 g/mol.